The van der Waals surface area contributed by atoms with Crippen molar-refractivity contribution in [3.05, 3.63) is 76.6 Å². The summed E-state index contributed by atoms with van der Waals surface area (Å²) in [6.07, 6.45) is 1.64. The van der Waals surface area contributed by atoms with Gasteiger partial charge in [0.1, 0.15) is 5.75 Å². The molecule has 0 spiro atoms. The molecule has 0 aliphatic rings. The van der Waals surface area contributed by atoms with Crippen LogP contribution in [0.1, 0.15) is 27.3 Å². The second kappa shape index (κ2) is 11.2. The van der Waals surface area contributed by atoms with Crippen LogP contribution in [0.4, 0.5) is 5.13 Å². The third kappa shape index (κ3) is 5.87. The second-order valence-corrected chi connectivity index (χ2v) is 9.38. The van der Waals surface area contributed by atoms with Gasteiger partial charge >= 0.3 is 0 Å². The van der Waals surface area contributed by atoms with Gasteiger partial charge in [0.15, 0.2) is 16.1 Å². The Labute approximate surface area is 211 Å². The smallest absolute Gasteiger partial charge is 0.251 e. The van der Waals surface area contributed by atoms with Crippen molar-refractivity contribution < 1.29 is 14.3 Å². The first-order valence-electron chi connectivity index (χ1n) is 10.7. The molecular weight excluding hydrogens is 484 g/mol. The summed E-state index contributed by atoms with van der Waals surface area (Å²) in [5, 5.41) is 17.2. The fraction of sp³-hybridized carbons (Fsp3) is 0.208. The molecule has 4 rings (SSSR count). The number of aryl methyl sites for hydroxylation is 1. The van der Waals surface area contributed by atoms with Gasteiger partial charge in [-0.15, -0.1) is 21.5 Å². The highest BCUT2D eigenvalue weighted by atomic mass is 32.2. The normalized spacial score (nSPS) is 10.7. The number of rotatable bonds is 9. The number of hydrogen-bond acceptors (Lipinski definition) is 8. The fourth-order valence-corrected chi connectivity index (χ4v) is 4.63. The quantitative estimate of drug-likeness (QED) is 0.329. The summed E-state index contributed by atoms with van der Waals surface area (Å²) in [6.45, 7) is 4.21. The van der Waals surface area contributed by atoms with E-state index in [9.17, 15) is 9.59 Å². The van der Waals surface area contributed by atoms with Crippen LogP contribution >= 0.6 is 23.1 Å². The number of anilines is 1. The average Bonchev–Trinajstić information content (AvgIpc) is 3.52. The lowest BCUT2D eigenvalue weighted by atomic mass is 10.1. The van der Waals surface area contributed by atoms with Crippen LogP contribution in [-0.4, -0.2) is 44.4 Å². The lowest BCUT2D eigenvalue weighted by Gasteiger charge is -2.15. The maximum Gasteiger partial charge on any atom is 0.251 e. The number of amides is 2. The molecule has 0 saturated heterocycles. The highest BCUT2D eigenvalue weighted by Gasteiger charge is 2.19. The van der Waals surface area contributed by atoms with E-state index >= 15 is 0 Å². The van der Waals surface area contributed by atoms with E-state index in [-0.39, 0.29) is 24.1 Å². The van der Waals surface area contributed by atoms with Gasteiger partial charge < -0.3 is 15.4 Å². The molecule has 9 nitrogen and oxygen atoms in total. The molecule has 0 bridgehead atoms. The summed E-state index contributed by atoms with van der Waals surface area (Å²) in [7, 11) is 1.56. The molecular formula is C24H24N6O3S2. The molecule has 0 fully saturated rings. The van der Waals surface area contributed by atoms with Gasteiger partial charge in [0.05, 0.1) is 25.1 Å². The summed E-state index contributed by atoms with van der Waals surface area (Å²) in [4.78, 5) is 29.2. The van der Waals surface area contributed by atoms with Crippen molar-refractivity contribution in [1.82, 2.24) is 25.1 Å². The van der Waals surface area contributed by atoms with E-state index in [0.717, 1.165) is 16.8 Å². The Morgan fingerprint density at radius 3 is 2.74 bits per heavy atom. The predicted octanol–water partition coefficient (Wildman–Crippen LogP) is 4.01. The number of methoxy groups -OCH3 is 1. The van der Waals surface area contributed by atoms with Crippen LogP contribution < -0.4 is 15.4 Å². The minimum absolute atomic E-state index is 0.138. The van der Waals surface area contributed by atoms with Crippen LogP contribution in [0.15, 0.2) is 59.2 Å². The maximum atomic E-state index is 12.7. The van der Waals surface area contributed by atoms with Crippen LogP contribution in [0.5, 0.6) is 5.75 Å². The number of thiazole rings is 1. The monoisotopic (exact) mass is 508 g/mol. The molecule has 0 unspecified atom stereocenters. The van der Waals surface area contributed by atoms with Crippen molar-refractivity contribution in [2.45, 2.75) is 25.5 Å². The minimum atomic E-state index is -0.253. The highest BCUT2D eigenvalue weighted by molar-refractivity contribution is 7.99. The van der Waals surface area contributed by atoms with E-state index in [1.165, 1.54) is 23.1 Å². The Morgan fingerprint density at radius 2 is 1.97 bits per heavy atom. The molecule has 0 saturated carbocycles. The van der Waals surface area contributed by atoms with Crippen LogP contribution in [0.25, 0.3) is 5.69 Å². The molecule has 2 aromatic heterocycles. The third-order valence-electron chi connectivity index (χ3n) is 5.27. The molecule has 35 heavy (non-hydrogen) atoms. The van der Waals surface area contributed by atoms with Gasteiger partial charge in [-0.05, 0) is 49.2 Å². The Kier molecular flexibility index (Phi) is 7.78. The van der Waals surface area contributed by atoms with Crippen LogP contribution in [0.2, 0.25) is 0 Å². The lowest BCUT2D eigenvalue weighted by Crippen LogP contribution is -2.25. The molecule has 180 valence electrons. The molecule has 11 heteroatoms. The molecule has 0 atom stereocenters. The van der Waals surface area contributed by atoms with E-state index in [1.54, 1.807) is 43.0 Å². The zero-order chi connectivity index (χ0) is 24.8. The van der Waals surface area contributed by atoms with Gasteiger partial charge in [-0.25, -0.2) is 4.98 Å². The molecule has 4 aromatic rings. The molecule has 0 radical (unpaired) electrons. The fourth-order valence-electron chi connectivity index (χ4n) is 3.32. The number of nitrogens with zero attached hydrogens (tertiary/aromatic N) is 4. The van der Waals surface area contributed by atoms with E-state index in [0.29, 0.717) is 27.4 Å². The average molecular weight is 509 g/mol. The van der Waals surface area contributed by atoms with E-state index in [1.807, 2.05) is 36.6 Å². The Morgan fingerprint density at radius 1 is 1.14 bits per heavy atom. The zero-order valence-electron chi connectivity index (χ0n) is 19.4. The zero-order valence-corrected chi connectivity index (χ0v) is 21.1. The Bertz CT molecular complexity index is 1340. The van der Waals surface area contributed by atoms with Gasteiger partial charge in [-0.3, -0.25) is 14.2 Å². The van der Waals surface area contributed by atoms with Gasteiger partial charge in [-0.1, -0.05) is 30.0 Å². The Hall–Kier alpha value is -3.70. The summed E-state index contributed by atoms with van der Waals surface area (Å²) in [6, 6.07) is 12.9. The van der Waals surface area contributed by atoms with Crippen molar-refractivity contribution in [2.75, 3.05) is 18.2 Å². The maximum absolute atomic E-state index is 12.7. The summed E-state index contributed by atoms with van der Waals surface area (Å²) in [5.74, 6) is 0.854. The van der Waals surface area contributed by atoms with Crippen molar-refractivity contribution in [1.29, 1.82) is 0 Å². The number of nitrogens with one attached hydrogen (secondary N) is 2. The minimum Gasteiger partial charge on any atom is -0.497 e. The third-order valence-corrected chi connectivity index (χ3v) is 6.88. The van der Waals surface area contributed by atoms with Crippen LogP contribution in [0.3, 0.4) is 0 Å². The predicted molar refractivity (Wildman–Crippen MR) is 136 cm³/mol. The summed E-state index contributed by atoms with van der Waals surface area (Å²) >= 11 is 2.62. The summed E-state index contributed by atoms with van der Waals surface area (Å²) < 4.78 is 7.09. The van der Waals surface area contributed by atoms with Crippen LogP contribution in [0, 0.1) is 13.8 Å². The first-order valence-corrected chi connectivity index (χ1v) is 12.6. The SMILES string of the molecule is COc1cccc(C(=O)NCc2nnc(SCC(=O)Nc3nccs3)n2-c2cccc(C)c2C)c1. The lowest BCUT2D eigenvalue weighted by molar-refractivity contribution is -0.113. The van der Waals surface area contributed by atoms with Crippen molar-refractivity contribution in [3.8, 4) is 11.4 Å². The number of hydrogen-bond donors (Lipinski definition) is 2. The molecule has 2 N–H and O–H groups in total. The van der Waals surface area contributed by atoms with E-state index in [2.05, 4.69) is 25.8 Å². The molecule has 2 heterocycles. The largest absolute Gasteiger partial charge is 0.497 e. The standard InChI is InChI=1S/C24H24N6O3S2/c1-15-6-4-9-19(16(15)2)30-20(13-26-22(32)17-7-5-8-18(12-17)33-3)28-29-24(30)35-14-21(31)27-23-25-10-11-34-23/h4-12H,13-14H2,1-3H3,(H,26,32)(H,25,27,31). The van der Waals surface area contributed by atoms with Crippen molar-refractivity contribution in [2.24, 2.45) is 0 Å². The topological polar surface area (TPSA) is 111 Å². The second-order valence-electron chi connectivity index (χ2n) is 7.54. The van der Waals surface area contributed by atoms with E-state index in [4.69, 9.17) is 4.74 Å². The molecule has 0 aliphatic heterocycles. The Balaban J connectivity index is 1.55. The number of thioether (sulfide) groups is 1. The van der Waals surface area contributed by atoms with Gasteiger partial charge in [0, 0.05) is 17.1 Å². The molecule has 2 aromatic carbocycles. The first-order chi connectivity index (χ1) is 17.0. The number of carbonyl (C=O) groups is 2. The number of carbonyl (C=O) groups excluding carboxylic acids is 2. The number of aromatic nitrogens is 4. The summed E-state index contributed by atoms with van der Waals surface area (Å²) in [5.41, 5.74) is 3.54. The van der Waals surface area contributed by atoms with Crippen LogP contribution in [-0.2, 0) is 11.3 Å². The highest BCUT2D eigenvalue weighted by Crippen LogP contribution is 2.26. The van der Waals surface area contributed by atoms with Gasteiger partial charge in [0.2, 0.25) is 5.91 Å². The van der Waals surface area contributed by atoms with Gasteiger partial charge in [-0.2, -0.15) is 0 Å². The first kappa shape index (κ1) is 24.4. The number of benzene rings is 2. The number of ether oxygens (including phenoxy) is 1. The van der Waals surface area contributed by atoms with Gasteiger partial charge in [0.25, 0.3) is 5.91 Å². The molecule has 2 amide bonds. The molecule has 0 aliphatic carbocycles. The van der Waals surface area contributed by atoms with E-state index < -0.39 is 0 Å². The van der Waals surface area contributed by atoms with Crippen molar-refractivity contribution in [3.63, 3.8) is 0 Å². The van der Waals surface area contributed by atoms with Crippen molar-refractivity contribution >= 4 is 40.0 Å².